The van der Waals surface area contributed by atoms with Crippen LogP contribution in [0.1, 0.15) is 11.6 Å². The number of nitrogens with two attached hydrogens (primary N) is 1. The molecular weight excluding hydrogens is 132 g/mol. The normalized spacial score (nSPS) is 13.6. The zero-order valence-electron chi connectivity index (χ0n) is 5.04. The quantitative estimate of drug-likeness (QED) is 0.529. The number of hydrogen-bond donors (Lipinski definition) is 3. The Morgan fingerprint density at radius 3 is 3.00 bits per heavy atom. The number of aromatic nitrogens is 1. The van der Waals surface area contributed by atoms with Gasteiger partial charge < -0.3 is 10.7 Å². The highest BCUT2D eigenvalue weighted by molar-refractivity contribution is 7.80. The molecule has 2 nitrogen and oxygen atoms in total. The minimum atomic E-state index is 0.0691. The van der Waals surface area contributed by atoms with Crippen molar-refractivity contribution in [2.24, 2.45) is 5.73 Å². The van der Waals surface area contributed by atoms with Crippen LogP contribution in [-0.2, 0) is 0 Å². The zero-order valence-corrected chi connectivity index (χ0v) is 5.94. The van der Waals surface area contributed by atoms with Crippen molar-refractivity contribution in [3.8, 4) is 0 Å². The monoisotopic (exact) mass is 142 g/mol. The van der Waals surface area contributed by atoms with Gasteiger partial charge in [-0.1, -0.05) is 0 Å². The number of aromatic amines is 1. The highest BCUT2D eigenvalue weighted by atomic mass is 32.1. The Balaban J connectivity index is 2.65. The molecule has 0 radical (unpaired) electrons. The molecule has 0 aliphatic heterocycles. The van der Waals surface area contributed by atoms with Crippen LogP contribution in [0.3, 0.4) is 0 Å². The van der Waals surface area contributed by atoms with Crippen LogP contribution < -0.4 is 5.73 Å². The van der Waals surface area contributed by atoms with Gasteiger partial charge in [-0.25, -0.2) is 0 Å². The van der Waals surface area contributed by atoms with Gasteiger partial charge in [0.15, 0.2) is 0 Å². The van der Waals surface area contributed by atoms with E-state index in [9.17, 15) is 0 Å². The summed E-state index contributed by atoms with van der Waals surface area (Å²) in [5, 5.41) is 0. The fourth-order valence-electron chi connectivity index (χ4n) is 0.673. The molecule has 1 atom stereocenters. The minimum absolute atomic E-state index is 0.0691. The third-order valence-electron chi connectivity index (χ3n) is 1.25. The lowest BCUT2D eigenvalue weighted by molar-refractivity contribution is 0.836. The summed E-state index contributed by atoms with van der Waals surface area (Å²) in [5.41, 5.74) is 6.76. The Kier molecular flexibility index (Phi) is 2.19. The molecule has 50 valence electrons. The zero-order chi connectivity index (χ0) is 6.69. The number of hydrogen-bond acceptors (Lipinski definition) is 2. The first-order valence-corrected chi connectivity index (χ1v) is 3.47. The summed E-state index contributed by atoms with van der Waals surface area (Å²) >= 11 is 4.06. The van der Waals surface area contributed by atoms with Crippen LogP contribution in [0, 0.1) is 0 Å². The molecule has 0 fully saturated rings. The van der Waals surface area contributed by atoms with Gasteiger partial charge in [0.2, 0.25) is 0 Å². The molecule has 3 heteroatoms. The van der Waals surface area contributed by atoms with Crippen LogP contribution in [0.15, 0.2) is 18.5 Å². The van der Waals surface area contributed by atoms with Crippen LogP contribution in [0.25, 0.3) is 0 Å². The second-order valence-electron chi connectivity index (χ2n) is 1.93. The van der Waals surface area contributed by atoms with Crippen LogP contribution in [0.2, 0.25) is 0 Å². The van der Waals surface area contributed by atoms with E-state index in [-0.39, 0.29) is 6.04 Å². The third kappa shape index (κ3) is 1.50. The highest BCUT2D eigenvalue weighted by Crippen LogP contribution is 2.08. The van der Waals surface area contributed by atoms with E-state index >= 15 is 0 Å². The minimum Gasteiger partial charge on any atom is -0.367 e. The fourth-order valence-corrected chi connectivity index (χ4v) is 0.884. The van der Waals surface area contributed by atoms with Crippen LogP contribution in [0.4, 0.5) is 0 Å². The van der Waals surface area contributed by atoms with Crippen molar-refractivity contribution >= 4 is 12.6 Å². The molecule has 0 bridgehead atoms. The van der Waals surface area contributed by atoms with Gasteiger partial charge in [0, 0.05) is 24.2 Å². The lowest BCUT2D eigenvalue weighted by atomic mass is 10.2. The molecule has 0 spiro atoms. The number of thiol groups is 1. The first-order chi connectivity index (χ1) is 4.34. The third-order valence-corrected chi connectivity index (χ3v) is 1.64. The number of H-pyrrole nitrogens is 1. The van der Waals surface area contributed by atoms with Crippen LogP contribution in [-0.4, -0.2) is 10.7 Å². The Morgan fingerprint density at radius 1 is 1.78 bits per heavy atom. The van der Waals surface area contributed by atoms with Crippen molar-refractivity contribution in [2.45, 2.75) is 6.04 Å². The average Bonchev–Trinajstić information content (AvgIpc) is 2.37. The van der Waals surface area contributed by atoms with Gasteiger partial charge in [0.25, 0.3) is 0 Å². The maximum atomic E-state index is 5.64. The van der Waals surface area contributed by atoms with Gasteiger partial charge in [-0.05, 0) is 11.6 Å². The van der Waals surface area contributed by atoms with Crippen LogP contribution in [0.5, 0.6) is 0 Å². The van der Waals surface area contributed by atoms with E-state index < -0.39 is 0 Å². The topological polar surface area (TPSA) is 41.8 Å². The van der Waals surface area contributed by atoms with Crippen molar-refractivity contribution in [1.82, 2.24) is 4.98 Å². The van der Waals surface area contributed by atoms with E-state index in [1.807, 2.05) is 18.5 Å². The Bertz CT molecular complexity index is 160. The Labute approximate surface area is 59.9 Å². The predicted octanol–water partition coefficient (Wildman–Crippen LogP) is 0.944. The summed E-state index contributed by atoms with van der Waals surface area (Å²) in [6, 6.07) is 2.03. The van der Waals surface area contributed by atoms with E-state index in [0.717, 1.165) is 5.56 Å². The molecule has 0 aliphatic rings. The lowest BCUT2D eigenvalue weighted by Crippen LogP contribution is -2.10. The lowest BCUT2D eigenvalue weighted by Gasteiger charge is -2.02. The molecule has 0 saturated carbocycles. The molecule has 1 rings (SSSR count). The van der Waals surface area contributed by atoms with Gasteiger partial charge in [-0.2, -0.15) is 12.6 Å². The maximum Gasteiger partial charge on any atom is 0.0399 e. The molecule has 1 aromatic heterocycles. The van der Waals surface area contributed by atoms with Crippen molar-refractivity contribution in [1.29, 1.82) is 0 Å². The first-order valence-electron chi connectivity index (χ1n) is 2.83. The van der Waals surface area contributed by atoms with Gasteiger partial charge in [-0.3, -0.25) is 0 Å². The van der Waals surface area contributed by atoms with Crippen molar-refractivity contribution in [2.75, 3.05) is 5.75 Å². The van der Waals surface area contributed by atoms with E-state index in [2.05, 4.69) is 17.6 Å². The fraction of sp³-hybridized carbons (Fsp3) is 0.333. The van der Waals surface area contributed by atoms with E-state index in [4.69, 9.17) is 5.73 Å². The number of rotatable bonds is 2. The molecule has 0 amide bonds. The van der Waals surface area contributed by atoms with Gasteiger partial charge >= 0.3 is 0 Å². The predicted molar refractivity (Wildman–Crippen MR) is 41.6 cm³/mol. The van der Waals surface area contributed by atoms with Crippen molar-refractivity contribution in [3.05, 3.63) is 24.0 Å². The molecular formula is C6H10N2S. The largest absolute Gasteiger partial charge is 0.367 e. The second-order valence-corrected chi connectivity index (χ2v) is 2.30. The van der Waals surface area contributed by atoms with Crippen molar-refractivity contribution < 1.29 is 0 Å². The summed E-state index contributed by atoms with van der Waals surface area (Å²) in [6.45, 7) is 0. The molecule has 1 aromatic rings. The SMILES string of the molecule is NC(CS)c1cc[nH]c1. The first kappa shape index (κ1) is 6.71. The Hall–Kier alpha value is -0.410. The van der Waals surface area contributed by atoms with Gasteiger partial charge in [-0.15, -0.1) is 0 Å². The smallest absolute Gasteiger partial charge is 0.0399 e. The van der Waals surface area contributed by atoms with Gasteiger partial charge in [0.05, 0.1) is 0 Å². The van der Waals surface area contributed by atoms with Crippen LogP contribution >= 0.6 is 12.6 Å². The van der Waals surface area contributed by atoms with Gasteiger partial charge in [0.1, 0.15) is 0 Å². The molecule has 0 aromatic carbocycles. The molecule has 3 N–H and O–H groups in total. The summed E-state index contributed by atoms with van der Waals surface area (Å²) < 4.78 is 0. The Morgan fingerprint density at radius 2 is 2.56 bits per heavy atom. The molecule has 1 unspecified atom stereocenters. The van der Waals surface area contributed by atoms with E-state index in [0.29, 0.717) is 5.75 Å². The van der Waals surface area contributed by atoms with E-state index in [1.54, 1.807) is 0 Å². The summed E-state index contributed by atoms with van der Waals surface area (Å²) in [4.78, 5) is 2.93. The summed E-state index contributed by atoms with van der Waals surface area (Å²) in [7, 11) is 0. The average molecular weight is 142 g/mol. The summed E-state index contributed by atoms with van der Waals surface area (Å²) in [5.74, 6) is 0.692. The van der Waals surface area contributed by atoms with Crippen molar-refractivity contribution in [3.63, 3.8) is 0 Å². The summed E-state index contributed by atoms with van der Waals surface area (Å²) in [6.07, 6.45) is 3.75. The molecule has 9 heavy (non-hydrogen) atoms. The van der Waals surface area contributed by atoms with E-state index in [1.165, 1.54) is 0 Å². The second kappa shape index (κ2) is 2.94. The molecule has 0 aliphatic carbocycles. The standard InChI is InChI=1S/C6H10N2S/c7-6(4-9)5-1-2-8-3-5/h1-3,6,8-9H,4,7H2. The maximum absolute atomic E-state index is 5.64. The molecule has 0 saturated heterocycles. The highest BCUT2D eigenvalue weighted by Gasteiger charge is 2.00. The molecule has 1 heterocycles. The number of nitrogens with one attached hydrogen (secondary N) is 1.